The second kappa shape index (κ2) is 7.89. The zero-order valence-corrected chi connectivity index (χ0v) is 15.8. The topological polar surface area (TPSA) is 46.1 Å². The number of hydrogen-bond acceptors (Lipinski definition) is 3. The summed E-state index contributed by atoms with van der Waals surface area (Å²) in [6.07, 6.45) is 3.67. The Labute approximate surface area is 164 Å². The summed E-state index contributed by atoms with van der Waals surface area (Å²) in [5.74, 6) is 0.553. The molecule has 3 aromatic rings. The molecule has 0 aliphatic carbocycles. The van der Waals surface area contributed by atoms with E-state index in [9.17, 15) is 9.18 Å². The summed E-state index contributed by atoms with van der Waals surface area (Å²) in [5, 5.41) is 0. The number of benzene rings is 2. The number of piperidine rings is 1. The standard InChI is InChI=1S/C23H22FN3O/c1-16-5-2-3-7-20(16)23(28)27-14-4-6-18(15-27)21-12-13-25-22(26-21)17-8-10-19(24)11-9-17/h2-3,5,7-13,18H,4,6,14-15H2,1H3/t18-/m1/s1. The van der Waals surface area contributed by atoms with Crippen LogP contribution in [0.5, 0.6) is 0 Å². The van der Waals surface area contributed by atoms with Crippen LogP contribution in [0.25, 0.3) is 11.4 Å². The number of aryl methyl sites for hydroxylation is 1. The minimum atomic E-state index is -0.280. The Morgan fingerprint density at radius 1 is 1.11 bits per heavy atom. The van der Waals surface area contributed by atoms with Crippen molar-refractivity contribution < 1.29 is 9.18 Å². The molecule has 0 unspecified atom stereocenters. The molecule has 4 rings (SSSR count). The van der Waals surface area contributed by atoms with Gasteiger partial charge >= 0.3 is 0 Å². The molecule has 2 aromatic carbocycles. The first kappa shape index (κ1) is 18.3. The predicted molar refractivity (Wildman–Crippen MR) is 106 cm³/mol. The van der Waals surface area contributed by atoms with Gasteiger partial charge in [-0.1, -0.05) is 18.2 Å². The van der Waals surface area contributed by atoms with E-state index in [-0.39, 0.29) is 17.6 Å². The molecular weight excluding hydrogens is 353 g/mol. The Balaban J connectivity index is 1.55. The number of hydrogen-bond donors (Lipinski definition) is 0. The maximum atomic E-state index is 13.2. The van der Waals surface area contributed by atoms with Crippen LogP contribution in [0, 0.1) is 12.7 Å². The number of aromatic nitrogens is 2. The number of likely N-dealkylation sites (tertiary alicyclic amines) is 1. The maximum absolute atomic E-state index is 13.2. The highest BCUT2D eigenvalue weighted by atomic mass is 19.1. The van der Waals surface area contributed by atoms with Gasteiger partial charge in [0.15, 0.2) is 5.82 Å². The van der Waals surface area contributed by atoms with E-state index in [1.54, 1.807) is 18.3 Å². The number of carbonyl (C=O) groups is 1. The molecule has 0 bridgehead atoms. The smallest absolute Gasteiger partial charge is 0.254 e. The van der Waals surface area contributed by atoms with Crippen LogP contribution in [-0.4, -0.2) is 33.9 Å². The second-order valence-electron chi connectivity index (χ2n) is 7.22. The van der Waals surface area contributed by atoms with E-state index in [1.807, 2.05) is 42.2 Å². The van der Waals surface area contributed by atoms with Crippen LogP contribution >= 0.6 is 0 Å². The van der Waals surface area contributed by atoms with Crippen LogP contribution in [0.4, 0.5) is 4.39 Å². The highest BCUT2D eigenvalue weighted by Gasteiger charge is 2.27. The molecule has 1 aromatic heterocycles. The number of rotatable bonds is 3. The molecule has 28 heavy (non-hydrogen) atoms. The third-order valence-electron chi connectivity index (χ3n) is 5.28. The molecule has 0 N–H and O–H groups in total. The van der Waals surface area contributed by atoms with Crippen LogP contribution in [0.15, 0.2) is 60.8 Å². The third kappa shape index (κ3) is 3.79. The van der Waals surface area contributed by atoms with E-state index < -0.39 is 0 Å². The fraction of sp³-hybridized carbons (Fsp3) is 0.261. The van der Waals surface area contributed by atoms with Crippen molar-refractivity contribution in [3.8, 4) is 11.4 Å². The van der Waals surface area contributed by atoms with E-state index in [1.165, 1.54) is 12.1 Å². The summed E-state index contributed by atoms with van der Waals surface area (Å²) in [5.41, 5.74) is 3.47. The number of nitrogens with zero attached hydrogens (tertiary/aromatic N) is 3. The largest absolute Gasteiger partial charge is 0.338 e. The molecule has 0 radical (unpaired) electrons. The van der Waals surface area contributed by atoms with Gasteiger partial charge < -0.3 is 4.90 Å². The molecule has 1 aliphatic heterocycles. The highest BCUT2D eigenvalue weighted by Crippen LogP contribution is 2.28. The summed E-state index contributed by atoms with van der Waals surface area (Å²) in [4.78, 5) is 23.9. The molecule has 2 heterocycles. The quantitative estimate of drug-likeness (QED) is 0.671. The summed E-state index contributed by atoms with van der Waals surface area (Å²) in [6.45, 7) is 3.38. The van der Waals surface area contributed by atoms with Gasteiger partial charge in [-0.05, 0) is 61.7 Å². The molecule has 0 spiro atoms. The lowest BCUT2D eigenvalue weighted by atomic mass is 9.93. The SMILES string of the molecule is Cc1ccccc1C(=O)N1CCC[C@@H](c2ccnc(-c3ccc(F)cc3)n2)C1. The van der Waals surface area contributed by atoms with Crippen molar-refractivity contribution in [2.75, 3.05) is 13.1 Å². The van der Waals surface area contributed by atoms with E-state index in [2.05, 4.69) is 4.98 Å². The van der Waals surface area contributed by atoms with E-state index in [0.717, 1.165) is 41.8 Å². The van der Waals surface area contributed by atoms with Gasteiger partial charge in [0.2, 0.25) is 0 Å². The lowest BCUT2D eigenvalue weighted by Crippen LogP contribution is -2.39. The van der Waals surface area contributed by atoms with Crippen LogP contribution < -0.4 is 0 Å². The van der Waals surface area contributed by atoms with E-state index >= 15 is 0 Å². The molecule has 4 nitrogen and oxygen atoms in total. The normalized spacial score (nSPS) is 16.8. The Morgan fingerprint density at radius 2 is 1.89 bits per heavy atom. The molecule has 1 atom stereocenters. The van der Waals surface area contributed by atoms with Crippen molar-refractivity contribution in [1.82, 2.24) is 14.9 Å². The molecule has 0 saturated carbocycles. The molecule has 142 valence electrons. The minimum absolute atomic E-state index is 0.0793. The predicted octanol–water partition coefficient (Wildman–Crippen LogP) is 4.61. The van der Waals surface area contributed by atoms with Gasteiger partial charge in [0.1, 0.15) is 5.82 Å². The van der Waals surface area contributed by atoms with Crippen molar-refractivity contribution in [2.24, 2.45) is 0 Å². The van der Waals surface area contributed by atoms with Crippen LogP contribution in [-0.2, 0) is 0 Å². The van der Waals surface area contributed by atoms with Gasteiger partial charge in [-0.15, -0.1) is 0 Å². The van der Waals surface area contributed by atoms with Gasteiger partial charge in [-0.25, -0.2) is 14.4 Å². The Kier molecular flexibility index (Phi) is 5.15. The van der Waals surface area contributed by atoms with Crippen LogP contribution in [0.1, 0.15) is 40.4 Å². The van der Waals surface area contributed by atoms with Crippen LogP contribution in [0.3, 0.4) is 0 Å². The third-order valence-corrected chi connectivity index (χ3v) is 5.28. The maximum Gasteiger partial charge on any atom is 0.254 e. The minimum Gasteiger partial charge on any atom is -0.338 e. The Bertz CT molecular complexity index is 987. The average molecular weight is 375 g/mol. The van der Waals surface area contributed by atoms with Crippen molar-refractivity contribution in [2.45, 2.75) is 25.7 Å². The van der Waals surface area contributed by atoms with Crippen molar-refractivity contribution >= 4 is 5.91 Å². The van der Waals surface area contributed by atoms with Crippen molar-refractivity contribution in [3.63, 3.8) is 0 Å². The van der Waals surface area contributed by atoms with Gasteiger partial charge in [0, 0.05) is 42.0 Å². The zero-order valence-electron chi connectivity index (χ0n) is 15.8. The molecule has 1 fully saturated rings. The fourth-order valence-corrected chi connectivity index (χ4v) is 3.72. The summed E-state index contributed by atoms with van der Waals surface area (Å²) in [7, 11) is 0. The zero-order chi connectivity index (χ0) is 19.5. The monoisotopic (exact) mass is 375 g/mol. The summed E-state index contributed by atoms with van der Waals surface area (Å²) >= 11 is 0. The van der Waals surface area contributed by atoms with Gasteiger partial charge in [0.25, 0.3) is 5.91 Å². The first-order valence-corrected chi connectivity index (χ1v) is 9.55. The van der Waals surface area contributed by atoms with E-state index in [0.29, 0.717) is 12.4 Å². The number of carbonyl (C=O) groups excluding carboxylic acids is 1. The molecule has 1 aliphatic rings. The molecule has 1 saturated heterocycles. The Morgan fingerprint density at radius 3 is 2.68 bits per heavy atom. The second-order valence-corrected chi connectivity index (χ2v) is 7.22. The van der Waals surface area contributed by atoms with Gasteiger partial charge in [-0.3, -0.25) is 4.79 Å². The van der Waals surface area contributed by atoms with Gasteiger partial charge in [-0.2, -0.15) is 0 Å². The molecule has 1 amide bonds. The van der Waals surface area contributed by atoms with E-state index in [4.69, 9.17) is 4.98 Å². The number of amides is 1. The summed E-state index contributed by atoms with van der Waals surface area (Å²) < 4.78 is 13.2. The number of halogens is 1. The van der Waals surface area contributed by atoms with Crippen LogP contribution in [0.2, 0.25) is 0 Å². The van der Waals surface area contributed by atoms with Gasteiger partial charge in [0.05, 0.1) is 0 Å². The lowest BCUT2D eigenvalue weighted by Gasteiger charge is -2.33. The average Bonchev–Trinajstić information content (AvgIpc) is 2.74. The lowest BCUT2D eigenvalue weighted by molar-refractivity contribution is 0.0705. The summed E-state index contributed by atoms with van der Waals surface area (Å²) in [6, 6.07) is 15.8. The molecular formula is C23H22FN3O. The fourth-order valence-electron chi connectivity index (χ4n) is 3.72. The first-order chi connectivity index (χ1) is 13.6. The Hall–Kier alpha value is -3.08. The first-order valence-electron chi connectivity index (χ1n) is 9.55. The highest BCUT2D eigenvalue weighted by molar-refractivity contribution is 5.95. The molecule has 5 heteroatoms. The van der Waals surface area contributed by atoms with Crippen molar-refractivity contribution in [3.05, 3.63) is 83.4 Å². The van der Waals surface area contributed by atoms with Crippen molar-refractivity contribution in [1.29, 1.82) is 0 Å².